The quantitative estimate of drug-likeness (QED) is 0.615. The van der Waals surface area contributed by atoms with E-state index in [-0.39, 0.29) is 17.4 Å². The number of carbonyl (C=O) groups excluding carboxylic acids is 1. The smallest absolute Gasteiger partial charge is 0.324 e. The minimum atomic E-state index is 0.0247. The van der Waals surface area contributed by atoms with Gasteiger partial charge in [0.25, 0.3) is 0 Å². The number of aromatic nitrogens is 4. The molecule has 1 aromatic carbocycles. The maximum absolute atomic E-state index is 12.6. The van der Waals surface area contributed by atoms with Crippen LogP contribution < -0.4 is 4.90 Å². The lowest BCUT2D eigenvalue weighted by Crippen LogP contribution is -2.35. The Bertz CT molecular complexity index is 1130. The van der Waals surface area contributed by atoms with E-state index in [9.17, 15) is 4.79 Å². The summed E-state index contributed by atoms with van der Waals surface area (Å²) in [7, 11) is 0. The molecule has 170 valence electrons. The number of fused-ring (bicyclic) bond motifs is 2. The van der Waals surface area contributed by atoms with Crippen LogP contribution in [0.4, 0.5) is 6.01 Å². The van der Waals surface area contributed by atoms with Gasteiger partial charge < -0.3 is 14.3 Å². The maximum Gasteiger partial charge on any atom is 0.324 e. The molecule has 5 rings (SSSR count). The summed E-state index contributed by atoms with van der Waals surface area (Å²) in [6.07, 6.45) is 2.49. The number of amides is 1. The topological polar surface area (TPSA) is 80.3 Å². The predicted octanol–water partition coefficient (Wildman–Crippen LogP) is 4.00. The van der Waals surface area contributed by atoms with Crippen molar-refractivity contribution in [2.75, 3.05) is 31.1 Å². The number of hydrogen-bond donors (Lipinski definition) is 0. The van der Waals surface area contributed by atoms with E-state index >= 15 is 0 Å². The molecule has 2 fully saturated rings. The van der Waals surface area contributed by atoms with Crippen LogP contribution in [0.5, 0.6) is 0 Å². The van der Waals surface area contributed by atoms with Crippen molar-refractivity contribution in [3.63, 3.8) is 0 Å². The highest BCUT2D eigenvalue weighted by atomic mass is 16.5. The van der Waals surface area contributed by atoms with Gasteiger partial charge in [0, 0.05) is 61.4 Å². The van der Waals surface area contributed by atoms with Crippen molar-refractivity contribution in [2.24, 2.45) is 17.3 Å². The van der Waals surface area contributed by atoms with Crippen molar-refractivity contribution in [3.8, 4) is 11.4 Å². The van der Waals surface area contributed by atoms with Crippen molar-refractivity contribution in [1.29, 1.82) is 0 Å². The number of carbonyl (C=O) groups is 1. The van der Waals surface area contributed by atoms with E-state index < -0.39 is 0 Å². The molecule has 0 bridgehead atoms. The highest BCUT2D eigenvalue weighted by Gasteiger charge is 2.43. The SMILES string of the molecule is CC(C)n1ncc2ccc(-c3noc(N4C[C@@H]5CN(C(=O)CC(C)(C)C)C[C@H]5C4)n3)cc21. The molecule has 8 nitrogen and oxygen atoms in total. The Morgan fingerprint density at radius 1 is 1.16 bits per heavy atom. The van der Waals surface area contributed by atoms with Gasteiger partial charge in [-0.05, 0) is 25.3 Å². The van der Waals surface area contributed by atoms with Gasteiger partial charge in [-0.1, -0.05) is 38.1 Å². The van der Waals surface area contributed by atoms with Gasteiger partial charge in [0.1, 0.15) is 0 Å². The average Bonchev–Trinajstić information content (AvgIpc) is 3.46. The molecule has 2 atom stereocenters. The van der Waals surface area contributed by atoms with Crippen molar-refractivity contribution in [1.82, 2.24) is 24.8 Å². The van der Waals surface area contributed by atoms with Gasteiger partial charge in [-0.25, -0.2) is 0 Å². The van der Waals surface area contributed by atoms with Gasteiger partial charge in [0.2, 0.25) is 11.7 Å². The van der Waals surface area contributed by atoms with Gasteiger partial charge in [-0.2, -0.15) is 10.1 Å². The first-order chi connectivity index (χ1) is 15.2. The van der Waals surface area contributed by atoms with Crippen LogP contribution in [0.3, 0.4) is 0 Å². The second-order valence-electron chi connectivity index (χ2n) is 10.8. The van der Waals surface area contributed by atoms with Crippen LogP contribution in [0.2, 0.25) is 0 Å². The third-order valence-corrected chi connectivity index (χ3v) is 6.55. The molecule has 0 unspecified atom stereocenters. The molecular formula is C24H32N6O2. The van der Waals surface area contributed by atoms with Gasteiger partial charge in [-0.15, -0.1) is 0 Å². The van der Waals surface area contributed by atoms with Crippen LogP contribution in [0.1, 0.15) is 47.1 Å². The first kappa shape index (κ1) is 21.0. The Hall–Kier alpha value is -2.90. The molecule has 2 aliphatic rings. The molecule has 32 heavy (non-hydrogen) atoms. The summed E-state index contributed by atoms with van der Waals surface area (Å²) in [4.78, 5) is 21.5. The molecular weight excluding hydrogens is 404 g/mol. The zero-order valence-corrected chi connectivity index (χ0v) is 19.6. The summed E-state index contributed by atoms with van der Waals surface area (Å²) < 4.78 is 7.65. The number of benzene rings is 1. The fraction of sp³-hybridized carbons (Fsp3) is 0.583. The van der Waals surface area contributed by atoms with E-state index in [1.807, 2.05) is 21.8 Å². The highest BCUT2D eigenvalue weighted by molar-refractivity contribution is 5.83. The molecule has 0 aliphatic carbocycles. The third-order valence-electron chi connectivity index (χ3n) is 6.55. The molecule has 8 heteroatoms. The molecule has 0 spiro atoms. The Balaban J connectivity index is 1.28. The van der Waals surface area contributed by atoms with Crippen LogP contribution in [-0.2, 0) is 4.79 Å². The lowest BCUT2D eigenvalue weighted by atomic mass is 9.91. The molecule has 2 aromatic heterocycles. The van der Waals surface area contributed by atoms with Crippen LogP contribution >= 0.6 is 0 Å². The number of anilines is 1. The van der Waals surface area contributed by atoms with E-state index in [2.05, 4.69) is 61.9 Å². The minimum absolute atomic E-state index is 0.0247. The number of nitrogens with zero attached hydrogens (tertiary/aromatic N) is 6. The summed E-state index contributed by atoms with van der Waals surface area (Å²) in [5.41, 5.74) is 2.02. The van der Waals surface area contributed by atoms with E-state index in [0.717, 1.165) is 42.6 Å². The van der Waals surface area contributed by atoms with Gasteiger partial charge in [0.05, 0.1) is 11.7 Å². The molecule has 2 aliphatic heterocycles. The first-order valence-corrected chi connectivity index (χ1v) is 11.5. The maximum atomic E-state index is 12.6. The van der Waals surface area contributed by atoms with Crippen molar-refractivity contribution in [3.05, 3.63) is 24.4 Å². The summed E-state index contributed by atoms with van der Waals surface area (Å²) in [6, 6.07) is 6.99. The van der Waals surface area contributed by atoms with Crippen LogP contribution in [0.15, 0.2) is 28.9 Å². The number of rotatable bonds is 4. The van der Waals surface area contributed by atoms with E-state index in [1.165, 1.54) is 0 Å². The van der Waals surface area contributed by atoms with Gasteiger partial charge in [0.15, 0.2) is 0 Å². The number of likely N-dealkylation sites (tertiary alicyclic amines) is 1. The first-order valence-electron chi connectivity index (χ1n) is 11.5. The Labute approximate surface area is 188 Å². The lowest BCUT2D eigenvalue weighted by Gasteiger charge is -2.24. The molecule has 3 aromatic rings. The van der Waals surface area contributed by atoms with Crippen LogP contribution in [0, 0.1) is 17.3 Å². The van der Waals surface area contributed by atoms with Crippen LogP contribution in [-0.4, -0.2) is 56.9 Å². The second kappa shape index (κ2) is 7.60. The Morgan fingerprint density at radius 2 is 1.88 bits per heavy atom. The fourth-order valence-corrected chi connectivity index (χ4v) is 4.97. The van der Waals surface area contributed by atoms with Crippen molar-refractivity contribution >= 4 is 22.8 Å². The van der Waals surface area contributed by atoms with E-state index in [0.29, 0.717) is 30.1 Å². The zero-order valence-electron chi connectivity index (χ0n) is 19.6. The average molecular weight is 437 g/mol. The van der Waals surface area contributed by atoms with Gasteiger partial charge >= 0.3 is 6.01 Å². The largest absolute Gasteiger partial charge is 0.342 e. The normalized spacial score (nSPS) is 21.2. The molecule has 2 saturated heterocycles. The zero-order chi connectivity index (χ0) is 22.6. The van der Waals surface area contributed by atoms with Gasteiger partial charge in [-0.3, -0.25) is 9.48 Å². The summed E-state index contributed by atoms with van der Waals surface area (Å²) in [5.74, 6) is 1.80. The molecule has 0 N–H and O–H groups in total. The second-order valence-corrected chi connectivity index (χ2v) is 10.8. The van der Waals surface area contributed by atoms with E-state index in [1.54, 1.807) is 0 Å². The lowest BCUT2D eigenvalue weighted by molar-refractivity contribution is -0.132. The fourth-order valence-electron chi connectivity index (χ4n) is 4.97. The summed E-state index contributed by atoms with van der Waals surface area (Å²) >= 11 is 0. The minimum Gasteiger partial charge on any atom is -0.342 e. The van der Waals surface area contributed by atoms with E-state index in [4.69, 9.17) is 9.51 Å². The highest BCUT2D eigenvalue weighted by Crippen LogP contribution is 2.35. The molecule has 4 heterocycles. The third kappa shape index (κ3) is 3.87. The predicted molar refractivity (Wildman–Crippen MR) is 123 cm³/mol. The summed E-state index contributed by atoms with van der Waals surface area (Å²) in [6.45, 7) is 13.9. The monoisotopic (exact) mass is 436 g/mol. The Morgan fingerprint density at radius 3 is 2.53 bits per heavy atom. The van der Waals surface area contributed by atoms with Crippen LogP contribution in [0.25, 0.3) is 22.3 Å². The summed E-state index contributed by atoms with van der Waals surface area (Å²) in [5, 5.41) is 9.84. The molecule has 1 amide bonds. The van der Waals surface area contributed by atoms with Crippen molar-refractivity contribution < 1.29 is 9.32 Å². The molecule has 0 saturated carbocycles. The Kier molecular flexibility index (Phi) is 4.98. The standard InChI is InChI=1S/C24H32N6O2/c1-15(2)30-20-8-16(6-7-17(20)10-25-30)22-26-23(32-27-22)29-13-18-11-28(12-19(18)14-29)21(31)9-24(3,4)5/h6-8,10,15,18-19H,9,11-14H2,1-5H3/t18-,19-/m0/s1. The number of hydrogen-bond acceptors (Lipinski definition) is 6. The van der Waals surface area contributed by atoms with Crippen molar-refractivity contribution in [2.45, 2.75) is 47.1 Å². The molecule has 0 radical (unpaired) electrons.